The molecule has 2 unspecified atom stereocenters. The molecular formula is C16H20F2N2O2. The molecule has 1 aliphatic carbocycles. The second-order valence-corrected chi connectivity index (χ2v) is 7.03. The lowest BCUT2D eigenvalue weighted by molar-refractivity contribution is 0.00693. The molecule has 1 aromatic heterocycles. The maximum atomic E-state index is 13.5. The summed E-state index contributed by atoms with van der Waals surface area (Å²) in [6, 6.07) is 3.20. The lowest BCUT2D eigenvalue weighted by Crippen LogP contribution is -2.32. The summed E-state index contributed by atoms with van der Waals surface area (Å²) in [7, 11) is 0. The average molecular weight is 310 g/mol. The first-order valence-electron chi connectivity index (χ1n) is 7.50. The van der Waals surface area contributed by atoms with Crippen LogP contribution in [0.15, 0.2) is 18.3 Å². The van der Waals surface area contributed by atoms with Crippen LogP contribution < -0.4 is 4.90 Å². The van der Waals surface area contributed by atoms with Crippen molar-refractivity contribution in [2.24, 2.45) is 11.8 Å². The fourth-order valence-electron chi connectivity index (χ4n) is 2.99. The number of ether oxygens (including phenoxy) is 1. The number of nitrogens with zero attached hydrogens (tertiary/aromatic N) is 2. The molecule has 0 N–H and O–H groups in total. The first-order valence-corrected chi connectivity index (χ1v) is 7.50. The average Bonchev–Trinajstić information content (AvgIpc) is 2.99. The molecule has 22 heavy (non-hydrogen) atoms. The van der Waals surface area contributed by atoms with E-state index in [-0.39, 0.29) is 0 Å². The summed E-state index contributed by atoms with van der Waals surface area (Å²) < 4.78 is 32.2. The number of hydrogen-bond donors (Lipinski definition) is 0. The maximum absolute atomic E-state index is 13.5. The third-order valence-corrected chi connectivity index (χ3v) is 4.20. The first-order chi connectivity index (χ1) is 10.2. The molecule has 1 aromatic rings. The summed E-state index contributed by atoms with van der Waals surface area (Å²) in [5, 5.41) is 0. The molecule has 3 rings (SSSR count). The van der Waals surface area contributed by atoms with Gasteiger partial charge < -0.3 is 9.64 Å². The Morgan fingerprint density at radius 3 is 2.77 bits per heavy atom. The Morgan fingerprint density at radius 1 is 1.41 bits per heavy atom. The molecule has 0 aromatic carbocycles. The molecular weight excluding hydrogens is 290 g/mol. The summed E-state index contributed by atoms with van der Waals surface area (Å²) >= 11 is 0. The lowest BCUT2D eigenvalue weighted by atomic mass is 10.1. The molecule has 2 fully saturated rings. The Kier molecular flexibility index (Phi) is 3.38. The van der Waals surface area contributed by atoms with Crippen molar-refractivity contribution in [1.29, 1.82) is 0 Å². The summed E-state index contributed by atoms with van der Waals surface area (Å²) in [5.41, 5.74) is -0.181. The molecule has 4 nitrogen and oxygen atoms in total. The zero-order valence-electron chi connectivity index (χ0n) is 13.0. The van der Waals surface area contributed by atoms with Crippen molar-refractivity contribution in [3.05, 3.63) is 23.9 Å². The number of hydrogen-bond acceptors (Lipinski definition) is 4. The van der Waals surface area contributed by atoms with Crippen molar-refractivity contribution >= 4 is 11.8 Å². The molecule has 2 heterocycles. The van der Waals surface area contributed by atoms with Gasteiger partial charge in [0.2, 0.25) is 0 Å². The third-order valence-electron chi connectivity index (χ3n) is 4.20. The van der Waals surface area contributed by atoms with Gasteiger partial charge in [-0.05, 0) is 39.3 Å². The quantitative estimate of drug-likeness (QED) is 0.787. The standard InChI is InChI=1S/C16H20F2N2O2/c1-15(2,3)22-14(21)10-4-6-19-13(8-10)20-7-5-11-12(9-20)16(11,17)18/h4,6,8,11-12H,5,7,9H2,1-3H3. The van der Waals surface area contributed by atoms with Gasteiger partial charge in [0, 0.05) is 31.1 Å². The van der Waals surface area contributed by atoms with Crippen molar-refractivity contribution in [2.45, 2.75) is 38.7 Å². The van der Waals surface area contributed by atoms with E-state index in [2.05, 4.69) is 4.98 Å². The van der Waals surface area contributed by atoms with E-state index < -0.39 is 29.3 Å². The molecule has 6 heteroatoms. The van der Waals surface area contributed by atoms with Crippen molar-refractivity contribution in [3.8, 4) is 0 Å². The van der Waals surface area contributed by atoms with E-state index >= 15 is 0 Å². The molecule has 2 atom stereocenters. The van der Waals surface area contributed by atoms with Crippen LogP contribution in [-0.2, 0) is 4.74 Å². The van der Waals surface area contributed by atoms with Crippen LogP contribution in [0.25, 0.3) is 0 Å². The number of halogens is 2. The van der Waals surface area contributed by atoms with Gasteiger partial charge in [0.15, 0.2) is 0 Å². The van der Waals surface area contributed by atoms with E-state index in [1.54, 1.807) is 32.9 Å². The van der Waals surface area contributed by atoms with E-state index in [4.69, 9.17) is 4.74 Å². The minimum Gasteiger partial charge on any atom is -0.456 e. The summed E-state index contributed by atoms with van der Waals surface area (Å²) in [5.74, 6) is -3.45. The van der Waals surface area contributed by atoms with Gasteiger partial charge in [-0.1, -0.05) is 0 Å². The second kappa shape index (κ2) is 4.89. The van der Waals surface area contributed by atoms with Gasteiger partial charge in [0.25, 0.3) is 5.92 Å². The third kappa shape index (κ3) is 2.78. The Labute approximate surface area is 128 Å². The number of alkyl halides is 2. The Hall–Kier alpha value is -1.72. The van der Waals surface area contributed by atoms with E-state index in [1.807, 2.05) is 4.90 Å². The minimum atomic E-state index is -2.53. The van der Waals surface area contributed by atoms with Crippen LogP contribution in [0.2, 0.25) is 0 Å². The molecule has 0 spiro atoms. The van der Waals surface area contributed by atoms with Gasteiger partial charge >= 0.3 is 5.97 Å². The highest BCUT2D eigenvalue weighted by molar-refractivity contribution is 5.90. The van der Waals surface area contributed by atoms with Crippen LogP contribution >= 0.6 is 0 Å². The van der Waals surface area contributed by atoms with E-state index in [1.165, 1.54) is 6.20 Å². The monoisotopic (exact) mass is 310 g/mol. The predicted octanol–water partition coefficient (Wildman–Crippen LogP) is 3.13. The SMILES string of the molecule is CC(C)(C)OC(=O)c1ccnc(N2CCC3C(C2)C3(F)F)c1. The van der Waals surface area contributed by atoms with E-state index in [0.29, 0.717) is 30.9 Å². The van der Waals surface area contributed by atoms with Crippen LogP contribution in [-0.4, -0.2) is 35.6 Å². The highest BCUT2D eigenvalue weighted by Gasteiger charge is 2.69. The van der Waals surface area contributed by atoms with Crippen LogP contribution in [0, 0.1) is 11.8 Å². The van der Waals surface area contributed by atoms with E-state index in [0.717, 1.165) is 0 Å². The van der Waals surface area contributed by atoms with Crippen LogP contribution in [0.4, 0.5) is 14.6 Å². The first kappa shape index (κ1) is 15.2. The minimum absolute atomic E-state index is 0.294. The number of carbonyl (C=O) groups is 1. The summed E-state index contributed by atoms with van der Waals surface area (Å²) in [6.07, 6.45) is 1.99. The van der Waals surface area contributed by atoms with E-state index in [9.17, 15) is 13.6 Å². The van der Waals surface area contributed by atoms with Crippen LogP contribution in [0.1, 0.15) is 37.6 Å². The van der Waals surface area contributed by atoms with Gasteiger partial charge in [-0.25, -0.2) is 18.6 Å². The highest BCUT2D eigenvalue weighted by atomic mass is 19.3. The largest absolute Gasteiger partial charge is 0.456 e. The Balaban J connectivity index is 1.73. The molecule has 120 valence electrons. The Morgan fingerprint density at radius 2 is 2.14 bits per heavy atom. The second-order valence-electron chi connectivity index (χ2n) is 7.03. The van der Waals surface area contributed by atoms with Crippen molar-refractivity contribution in [1.82, 2.24) is 4.98 Å². The number of aromatic nitrogens is 1. The molecule has 1 saturated carbocycles. The summed E-state index contributed by atoms with van der Waals surface area (Å²) in [4.78, 5) is 18.1. The molecule has 1 saturated heterocycles. The van der Waals surface area contributed by atoms with Gasteiger partial charge in [0.05, 0.1) is 5.56 Å². The molecule has 0 bridgehead atoms. The molecule has 2 aliphatic rings. The van der Waals surface area contributed by atoms with Crippen molar-refractivity contribution < 1.29 is 18.3 Å². The number of esters is 1. The molecule has 0 amide bonds. The number of pyridine rings is 1. The highest BCUT2D eigenvalue weighted by Crippen LogP contribution is 2.59. The number of carbonyl (C=O) groups excluding carboxylic acids is 1. The number of fused-ring (bicyclic) bond motifs is 1. The number of anilines is 1. The van der Waals surface area contributed by atoms with Gasteiger partial charge in [-0.2, -0.15) is 0 Å². The molecule has 0 radical (unpaired) electrons. The normalized spacial score (nSPS) is 26.3. The topological polar surface area (TPSA) is 42.4 Å². The van der Waals surface area contributed by atoms with Crippen LogP contribution in [0.3, 0.4) is 0 Å². The van der Waals surface area contributed by atoms with Crippen LogP contribution in [0.5, 0.6) is 0 Å². The summed E-state index contributed by atoms with van der Waals surface area (Å²) in [6.45, 7) is 6.23. The zero-order valence-corrected chi connectivity index (χ0v) is 13.0. The Bertz CT molecular complexity index is 598. The van der Waals surface area contributed by atoms with Crippen molar-refractivity contribution in [3.63, 3.8) is 0 Å². The predicted molar refractivity (Wildman–Crippen MR) is 78.2 cm³/mol. The lowest BCUT2D eigenvalue weighted by Gasteiger charge is -2.27. The number of piperidine rings is 1. The number of rotatable bonds is 2. The van der Waals surface area contributed by atoms with Gasteiger partial charge in [-0.15, -0.1) is 0 Å². The van der Waals surface area contributed by atoms with Gasteiger partial charge in [0.1, 0.15) is 11.4 Å². The fraction of sp³-hybridized carbons (Fsp3) is 0.625. The maximum Gasteiger partial charge on any atom is 0.338 e. The smallest absolute Gasteiger partial charge is 0.338 e. The molecule has 1 aliphatic heterocycles. The van der Waals surface area contributed by atoms with Crippen molar-refractivity contribution in [2.75, 3.05) is 18.0 Å². The van der Waals surface area contributed by atoms with Gasteiger partial charge in [-0.3, -0.25) is 0 Å². The zero-order chi connectivity index (χ0) is 16.1. The fourth-order valence-corrected chi connectivity index (χ4v) is 2.99.